The van der Waals surface area contributed by atoms with E-state index in [0.29, 0.717) is 18.7 Å². The van der Waals surface area contributed by atoms with Crippen molar-refractivity contribution in [3.8, 4) is 0 Å². The van der Waals surface area contributed by atoms with Crippen LogP contribution >= 0.6 is 0 Å². The highest BCUT2D eigenvalue weighted by molar-refractivity contribution is 5.77. The summed E-state index contributed by atoms with van der Waals surface area (Å²) in [7, 11) is 1.80. The summed E-state index contributed by atoms with van der Waals surface area (Å²) < 4.78 is 1.73. The average molecular weight is 295 g/mol. The Kier molecular flexibility index (Phi) is 4.77. The molecule has 1 aliphatic rings. The second-order valence-corrected chi connectivity index (χ2v) is 5.48. The van der Waals surface area contributed by atoms with Crippen molar-refractivity contribution in [2.75, 3.05) is 0 Å². The van der Waals surface area contributed by atoms with Gasteiger partial charge in [0.2, 0.25) is 0 Å². The number of nitrogens with one attached hydrogen (secondary N) is 2. The molecule has 2 amide bonds. The van der Waals surface area contributed by atoms with E-state index in [2.05, 4.69) is 20.8 Å². The fourth-order valence-electron chi connectivity index (χ4n) is 2.75. The first-order chi connectivity index (χ1) is 9.99. The maximum Gasteiger partial charge on any atom is 0.315 e. The van der Waals surface area contributed by atoms with Gasteiger partial charge in [-0.15, -0.1) is 10.2 Å². The highest BCUT2D eigenvalue weighted by Crippen LogP contribution is 2.24. The number of carboxylic acids is 1. The normalized spacial score (nSPS) is 23.3. The van der Waals surface area contributed by atoms with Crippen molar-refractivity contribution in [1.82, 2.24) is 25.4 Å². The number of urea groups is 1. The SMILES string of the molecule is CC(NC(=O)NC1CCCCC1C(=O)O)c1nncn1C. The van der Waals surface area contributed by atoms with Gasteiger partial charge in [-0.25, -0.2) is 4.79 Å². The lowest BCUT2D eigenvalue weighted by atomic mass is 9.84. The molecule has 21 heavy (non-hydrogen) atoms. The number of carbonyl (C=O) groups excluding carboxylic acids is 1. The van der Waals surface area contributed by atoms with Crippen LogP contribution in [0, 0.1) is 5.92 Å². The molecule has 8 nitrogen and oxygen atoms in total. The summed E-state index contributed by atoms with van der Waals surface area (Å²) >= 11 is 0. The van der Waals surface area contributed by atoms with Crippen LogP contribution in [0.1, 0.15) is 44.5 Å². The lowest BCUT2D eigenvalue weighted by molar-refractivity contribution is -0.143. The first kappa shape index (κ1) is 15.3. The van der Waals surface area contributed by atoms with Crippen molar-refractivity contribution in [1.29, 1.82) is 0 Å². The maximum absolute atomic E-state index is 12.0. The first-order valence-corrected chi connectivity index (χ1v) is 7.12. The number of hydrogen-bond donors (Lipinski definition) is 3. The highest BCUT2D eigenvalue weighted by Gasteiger charge is 2.32. The number of rotatable bonds is 4. The van der Waals surface area contributed by atoms with E-state index in [0.717, 1.165) is 12.8 Å². The molecule has 0 saturated heterocycles. The Labute approximate surface area is 122 Å². The summed E-state index contributed by atoms with van der Waals surface area (Å²) in [4.78, 5) is 23.2. The third kappa shape index (κ3) is 3.71. The standard InChI is InChI=1S/C13H21N5O3/c1-8(11-17-14-7-18(11)2)15-13(21)16-10-6-4-3-5-9(10)12(19)20/h7-10H,3-6H2,1-2H3,(H,19,20)(H2,15,16,21). The molecule has 3 unspecified atom stereocenters. The Morgan fingerprint density at radius 2 is 2.14 bits per heavy atom. The van der Waals surface area contributed by atoms with Gasteiger partial charge in [-0.3, -0.25) is 4.79 Å². The molecule has 0 radical (unpaired) electrons. The molecule has 0 bridgehead atoms. The fourth-order valence-corrected chi connectivity index (χ4v) is 2.75. The van der Waals surface area contributed by atoms with Crippen LogP contribution in [0.4, 0.5) is 4.79 Å². The van der Waals surface area contributed by atoms with Crippen LogP contribution in [-0.4, -0.2) is 37.9 Å². The largest absolute Gasteiger partial charge is 0.481 e. The van der Waals surface area contributed by atoms with Gasteiger partial charge in [0.1, 0.15) is 6.33 Å². The summed E-state index contributed by atoms with van der Waals surface area (Å²) in [6, 6.07) is -0.990. The van der Waals surface area contributed by atoms with Crippen molar-refractivity contribution in [3.05, 3.63) is 12.2 Å². The van der Waals surface area contributed by atoms with Gasteiger partial charge in [-0.05, 0) is 19.8 Å². The number of nitrogens with zero attached hydrogens (tertiary/aromatic N) is 3. The maximum atomic E-state index is 12.0. The van der Waals surface area contributed by atoms with Crippen molar-refractivity contribution in [2.24, 2.45) is 13.0 Å². The molecular weight excluding hydrogens is 274 g/mol. The number of carbonyl (C=O) groups is 2. The zero-order chi connectivity index (χ0) is 15.4. The van der Waals surface area contributed by atoms with E-state index in [1.54, 1.807) is 24.9 Å². The van der Waals surface area contributed by atoms with Crippen molar-refractivity contribution < 1.29 is 14.7 Å². The summed E-state index contributed by atoms with van der Waals surface area (Å²) in [6.45, 7) is 1.80. The van der Waals surface area contributed by atoms with Crippen LogP contribution in [0.5, 0.6) is 0 Å². The lowest BCUT2D eigenvalue weighted by Crippen LogP contribution is -2.49. The molecule has 1 aliphatic carbocycles. The molecule has 0 aliphatic heterocycles. The van der Waals surface area contributed by atoms with E-state index >= 15 is 0 Å². The summed E-state index contributed by atoms with van der Waals surface area (Å²) in [5.41, 5.74) is 0. The Bertz CT molecular complexity index is 516. The van der Waals surface area contributed by atoms with Gasteiger partial charge in [0, 0.05) is 13.1 Å². The van der Waals surface area contributed by atoms with Crippen LogP contribution in [0.15, 0.2) is 6.33 Å². The van der Waals surface area contributed by atoms with Gasteiger partial charge >= 0.3 is 12.0 Å². The minimum atomic E-state index is -0.846. The van der Waals surface area contributed by atoms with E-state index in [9.17, 15) is 14.7 Å². The van der Waals surface area contributed by atoms with Crippen molar-refractivity contribution >= 4 is 12.0 Å². The Morgan fingerprint density at radius 3 is 2.76 bits per heavy atom. The number of hydrogen-bond acceptors (Lipinski definition) is 4. The molecule has 3 atom stereocenters. The summed E-state index contributed by atoms with van der Waals surface area (Å²) in [6.07, 6.45) is 4.70. The number of carboxylic acid groups (broad SMARTS) is 1. The minimum Gasteiger partial charge on any atom is -0.481 e. The molecule has 1 aromatic heterocycles. The van der Waals surface area contributed by atoms with Gasteiger partial charge < -0.3 is 20.3 Å². The molecular formula is C13H21N5O3. The van der Waals surface area contributed by atoms with E-state index in [-0.39, 0.29) is 18.1 Å². The Balaban J connectivity index is 1.91. The van der Waals surface area contributed by atoms with Crippen LogP contribution in [-0.2, 0) is 11.8 Å². The van der Waals surface area contributed by atoms with E-state index in [1.807, 2.05) is 0 Å². The quantitative estimate of drug-likeness (QED) is 0.762. The van der Waals surface area contributed by atoms with Gasteiger partial charge in [-0.2, -0.15) is 0 Å². The molecule has 2 rings (SSSR count). The number of aliphatic carboxylic acids is 1. The van der Waals surface area contributed by atoms with E-state index < -0.39 is 11.9 Å². The highest BCUT2D eigenvalue weighted by atomic mass is 16.4. The second-order valence-electron chi connectivity index (χ2n) is 5.48. The third-order valence-electron chi connectivity index (χ3n) is 3.88. The Hall–Kier alpha value is -2.12. The van der Waals surface area contributed by atoms with Crippen LogP contribution in [0.2, 0.25) is 0 Å². The number of aromatic nitrogens is 3. The molecule has 0 spiro atoms. The van der Waals surface area contributed by atoms with Gasteiger partial charge in [0.05, 0.1) is 12.0 Å². The molecule has 1 aromatic rings. The summed E-state index contributed by atoms with van der Waals surface area (Å²) in [5, 5.41) is 22.4. The first-order valence-electron chi connectivity index (χ1n) is 7.12. The second kappa shape index (κ2) is 6.55. The smallest absolute Gasteiger partial charge is 0.315 e. The predicted octanol–water partition coefficient (Wildman–Crippen LogP) is 0.819. The summed E-state index contributed by atoms with van der Waals surface area (Å²) in [5.74, 6) is -0.709. The minimum absolute atomic E-state index is 0.302. The molecule has 116 valence electrons. The average Bonchev–Trinajstić information content (AvgIpc) is 2.85. The topological polar surface area (TPSA) is 109 Å². The molecule has 1 fully saturated rings. The van der Waals surface area contributed by atoms with E-state index in [1.165, 1.54) is 0 Å². The zero-order valence-corrected chi connectivity index (χ0v) is 12.2. The zero-order valence-electron chi connectivity index (χ0n) is 12.2. The van der Waals surface area contributed by atoms with E-state index in [4.69, 9.17) is 0 Å². The van der Waals surface area contributed by atoms with Crippen LogP contribution < -0.4 is 10.6 Å². The Morgan fingerprint density at radius 1 is 1.43 bits per heavy atom. The molecule has 3 N–H and O–H groups in total. The van der Waals surface area contributed by atoms with Gasteiger partial charge in [0.25, 0.3) is 0 Å². The third-order valence-corrected chi connectivity index (χ3v) is 3.88. The van der Waals surface area contributed by atoms with Crippen LogP contribution in [0.3, 0.4) is 0 Å². The molecule has 1 heterocycles. The van der Waals surface area contributed by atoms with Gasteiger partial charge in [0.15, 0.2) is 5.82 Å². The predicted molar refractivity (Wildman–Crippen MR) is 74.5 cm³/mol. The molecule has 1 saturated carbocycles. The monoisotopic (exact) mass is 295 g/mol. The molecule has 8 heteroatoms. The number of aryl methyl sites for hydroxylation is 1. The number of amides is 2. The fraction of sp³-hybridized carbons (Fsp3) is 0.692. The van der Waals surface area contributed by atoms with Crippen molar-refractivity contribution in [2.45, 2.75) is 44.7 Å². The molecule has 0 aromatic carbocycles. The van der Waals surface area contributed by atoms with Gasteiger partial charge in [-0.1, -0.05) is 12.8 Å². The lowest BCUT2D eigenvalue weighted by Gasteiger charge is -2.29. The van der Waals surface area contributed by atoms with Crippen LogP contribution in [0.25, 0.3) is 0 Å². The van der Waals surface area contributed by atoms with Crippen molar-refractivity contribution in [3.63, 3.8) is 0 Å².